The average Bonchev–Trinajstić information content (AvgIpc) is 2.80. The zero-order chi connectivity index (χ0) is 15.4. The minimum absolute atomic E-state index is 0.137. The molecule has 0 aliphatic heterocycles. The maximum atomic E-state index is 12.3. The van der Waals surface area contributed by atoms with Crippen LogP contribution in [0.5, 0.6) is 0 Å². The first-order chi connectivity index (χ1) is 10.1. The summed E-state index contributed by atoms with van der Waals surface area (Å²) in [5, 5.41) is 13.3. The molecule has 1 heterocycles. The van der Waals surface area contributed by atoms with Crippen molar-refractivity contribution in [3.8, 4) is 0 Å². The molecule has 0 aliphatic rings. The monoisotopic (exact) mass is 326 g/mol. The van der Waals surface area contributed by atoms with Gasteiger partial charge in [0.15, 0.2) is 0 Å². The zero-order valence-electron chi connectivity index (χ0n) is 11.9. The van der Waals surface area contributed by atoms with E-state index < -0.39 is 0 Å². The van der Waals surface area contributed by atoms with Crippen LogP contribution in [0.4, 0.5) is 5.69 Å². The molecule has 6 heteroatoms. The molecule has 0 radical (unpaired) electrons. The summed E-state index contributed by atoms with van der Waals surface area (Å²) in [5.74, 6) is 0.116. The van der Waals surface area contributed by atoms with Gasteiger partial charge in [-0.15, -0.1) is 11.3 Å². The number of nitrogen functional groups attached to an aromatic ring is 1. The Hall–Kier alpha value is -1.30. The van der Waals surface area contributed by atoms with Gasteiger partial charge in [-0.3, -0.25) is 4.79 Å². The Kier molecular flexibility index (Phi) is 5.45. The number of hydrogen-bond acceptors (Lipinski definition) is 4. The minimum Gasteiger partial charge on any atom is -0.397 e. The lowest BCUT2D eigenvalue weighted by atomic mass is 10.0. The fraction of sp³-hybridized carbons (Fsp3) is 0.400. The number of aliphatic hydroxyl groups excluding tert-OH is 1. The van der Waals surface area contributed by atoms with Crippen molar-refractivity contribution in [2.75, 3.05) is 18.9 Å². The molecule has 1 atom stereocenters. The van der Waals surface area contributed by atoms with Crippen LogP contribution < -0.4 is 11.1 Å². The first-order valence-corrected chi connectivity index (χ1v) is 8.12. The van der Waals surface area contributed by atoms with Crippen LogP contribution in [0.2, 0.25) is 5.02 Å². The highest BCUT2D eigenvalue weighted by Crippen LogP contribution is 2.35. The fourth-order valence-corrected chi connectivity index (χ4v) is 3.40. The molecule has 0 spiro atoms. The zero-order valence-corrected chi connectivity index (χ0v) is 13.4. The first-order valence-electron chi connectivity index (χ1n) is 6.93. The Bertz CT molecular complexity index is 642. The molecule has 21 heavy (non-hydrogen) atoms. The van der Waals surface area contributed by atoms with Crippen LogP contribution in [0.25, 0.3) is 10.1 Å². The van der Waals surface area contributed by atoms with Crippen molar-refractivity contribution in [3.63, 3.8) is 0 Å². The number of carbonyl (C=O) groups is 1. The summed E-state index contributed by atoms with van der Waals surface area (Å²) in [6.45, 7) is 2.73. The lowest BCUT2D eigenvalue weighted by molar-refractivity contribution is 0.0948. The topological polar surface area (TPSA) is 75.3 Å². The maximum Gasteiger partial charge on any atom is 0.263 e. The van der Waals surface area contributed by atoms with Crippen molar-refractivity contribution in [1.29, 1.82) is 0 Å². The third-order valence-electron chi connectivity index (χ3n) is 3.56. The van der Waals surface area contributed by atoms with Crippen LogP contribution >= 0.6 is 22.9 Å². The van der Waals surface area contributed by atoms with Crippen LogP contribution in [0, 0.1) is 5.92 Å². The normalized spacial score (nSPS) is 12.5. The van der Waals surface area contributed by atoms with Gasteiger partial charge in [0.05, 0.1) is 5.69 Å². The van der Waals surface area contributed by atoms with Gasteiger partial charge >= 0.3 is 0 Å². The van der Waals surface area contributed by atoms with E-state index in [2.05, 4.69) is 5.32 Å². The van der Waals surface area contributed by atoms with Gasteiger partial charge in [0.25, 0.3) is 5.91 Å². The number of halogens is 1. The van der Waals surface area contributed by atoms with Gasteiger partial charge in [-0.25, -0.2) is 0 Å². The molecule has 1 aromatic carbocycles. The Labute approximate surface area is 132 Å². The van der Waals surface area contributed by atoms with Crippen molar-refractivity contribution in [1.82, 2.24) is 5.32 Å². The number of thiophene rings is 1. The number of amides is 1. The van der Waals surface area contributed by atoms with E-state index in [9.17, 15) is 4.79 Å². The smallest absolute Gasteiger partial charge is 0.263 e. The second-order valence-electron chi connectivity index (χ2n) is 4.98. The molecule has 0 fully saturated rings. The van der Waals surface area contributed by atoms with E-state index in [4.69, 9.17) is 22.4 Å². The lowest BCUT2D eigenvalue weighted by Crippen LogP contribution is -2.29. The molecule has 1 amide bonds. The number of carbonyl (C=O) groups excluding carboxylic acids is 1. The highest BCUT2D eigenvalue weighted by molar-refractivity contribution is 7.21. The SMILES string of the molecule is CCC(CCO)CNC(=O)c1sc2ccc(Cl)cc2c1N. The van der Waals surface area contributed by atoms with E-state index in [1.807, 2.05) is 13.0 Å². The molecule has 1 unspecified atom stereocenters. The van der Waals surface area contributed by atoms with Crippen LogP contribution in [0.1, 0.15) is 29.4 Å². The number of fused-ring (bicyclic) bond motifs is 1. The number of hydrogen-bond donors (Lipinski definition) is 3. The van der Waals surface area contributed by atoms with Crippen LogP contribution in [0.15, 0.2) is 18.2 Å². The summed E-state index contributed by atoms with van der Waals surface area (Å²) >= 11 is 7.33. The molecule has 2 aromatic rings. The number of nitrogens with one attached hydrogen (secondary N) is 1. The summed E-state index contributed by atoms with van der Waals surface area (Å²) < 4.78 is 0.949. The largest absolute Gasteiger partial charge is 0.397 e. The second kappa shape index (κ2) is 7.11. The summed E-state index contributed by atoms with van der Waals surface area (Å²) in [6.07, 6.45) is 1.60. The Morgan fingerprint density at radius 2 is 2.29 bits per heavy atom. The fourth-order valence-electron chi connectivity index (χ4n) is 2.21. The summed E-state index contributed by atoms with van der Waals surface area (Å²) in [4.78, 5) is 12.8. The first kappa shape index (κ1) is 16.1. The molecular formula is C15H19ClN2O2S. The van der Waals surface area contributed by atoms with Gasteiger partial charge in [-0.1, -0.05) is 24.9 Å². The molecule has 0 saturated heterocycles. The highest BCUT2D eigenvalue weighted by atomic mass is 35.5. The van der Waals surface area contributed by atoms with Crippen LogP contribution in [-0.2, 0) is 0 Å². The molecule has 2 rings (SSSR count). The average molecular weight is 327 g/mol. The van der Waals surface area contributed by atoms with E-state index in [0.29, 0.717) is 28.6 Å². The van der Waals surface area contributed by atoms with Gasteiger partial charge in [0.1, 0.15) is 4.88 Å². The Morgan fingerprint density at radius 3 is 2.95 bits per heavy atom. The van der Waals surface area contributed by atoms with Gasteiger partial charge < -0.3 is 16.2 Å². The minimum atomic E-state index is -0.166. The number of rotatable bonds is 6. The predicted molar refractivity (Wildman–Crippen MR) is 89.1 cm³/mol. The van der Waals surface area contributed by atoms with Gasteiger partial charge in [0, 0.05) is 28.3 Å². The molecule has 114 valence electrons. The molecular weight excluding hydrogens is 308 g/mol. The molecule has 0 bridgehead atoms. The lowest BCUT2D eigenvalue weighted by Gasteiger charge is -2.13. The third-order valence-corrected chi connectivity index (χ3v) is 4.98. The van der Waals surface area contributed by atoms with Gasteiger partial charge in [-0.2, -0.15) is 0 Å². The summed E-state index contributed by atoms with van der Waals surface area (Å²) in [5.41, 5.74) is 6.53. The van der Waals surface area contributed by atoms with Gasteiger partial charge in [-0.05, 0) is 30.5 Å². The summed E-state index contributed by atoms with van der Waals surface area (Å²) in [7, 11) is 0. The van der Waals surface area contributed by atoms with E-state index in [0.717, 1.165) is 16.5 Å². The Balaban J connectivity index is 2.14. The van der Waals surface area contributed by atoms with E-state index in [1.165, 1.54) is 11.3 Å². The van der Waals surface area contributed by atoms with Crippen molar-refractivity contribution in [2.45, 2.75) is 19.8 Å². The van der Waals surface area contributed by atoms with E-state index in [-0.39, 0.29) is 18.4 Å². The van der Waals surface area contributed by atoms with Gasteiger partial charge in [0.2, 0.25) is 0 Å². The molecule has 0 saturated carbocycles. The van der Waals surface area contributed by atoms with Crippen molar-refractivity contribution < 1.29 is 9.90 Å². The molecule has 0 aliphatic carbocycles. The molecule has 1 aromatic heterocycles. The predicted octanol–water partition coefficient (Wildman–Crippen LogP) is 3.28. The van der Waals surface area contributed by atoms with Crippen LogP contribution in [0.3, 0.4) is 0 Å². The van der Waals surface area contributed by atoms with Crippen molar-refractivity contribution in [2.24, 2.45) is 5.92 Å². The number of benzene rings is 1. The standard InChI is InChI=1S/C15H19ClN2O2S/c1-2-9(5-6-19)8-18-15(20)14-13(17)11-7-10(16)3-4-12(11)21-14/h3-4,7,9,19H,2,5-6,8,17H2,1H3,(H,18,20). The molecule has 4 nitrogen and oxygen atoms in total. The molecule has 4 N–H and O–H groups in total. The number of aliphatic hydroxyl groups is 1. The summed E-state index contributed by atoms with van der Waals surface area (Å²) in [6, 6.07) is 5.44. The van der Waals surface area contributed by atoms with E-state index in [1.54, 1.807) is 12.1 Å². The number of nitrogens with two attached hydrogens (primary N) is 1. The third kappa shape index (κ3) is 3.67. The highest BCUT2D eigenvalue weighted by Gasteiger charge is 2.17. The second-order valence-corrected chi connectivity index (χ2v) is 6.47. The van der Waals surface area contributed by atoms with Crippen LogP contribution in [-0.4, -0.2) is 24.2 Å². The number of anilines is 1. The van der Waals surface area contributed by atoms with Crippen molar-refractivity contribution >= 4 is 44.6 Å². The van der Waals surface area contributed by atoms with Crippen molar-refractivity contribution in [3.05, 3.63) is 28.1 Å². The van der Waals surface area contributed by atoms with E-state index >= 15 is 0 Å². The maximum absolute atomic E-state index is 12.3. The Morgan fingerprint density at radius 1 is 1.52 bits per heavy atom. The quantitative estimate of drug-likeness (QED) is 0.762.